The van der Waals surface area contributed by atoms with Crippen LogP contribution in [0.5, 0.6) is 0 Å². The van der Waals surface area contributed by atoms with E-state index < -0.39 is 29.3 Å². The fourth-order valence-corrected chi connectivity index (χ4v) is 4.21. The Morgan fingerprint density at radius 1 is 1.19 bits per heavy atom. The molecule has 2 aromatic rings. The number of carbonyl (C=O) groups excluding carboxylic acids is 2. The van der Waals surface area contributed by atoms with Gasteiger partial charge in [-0.1, -0.05) is 0 Å². The van der Waals surface area contributed by atoms with Crippen molar-refractivity contribution in [2.75, 3.05) is 23.8 Å². The molecule has 5 nitrogen and oxygen atoms in total. The Kier molecular flexibility index (Phi) is 5.69. The first-order valence-corrected chi connectivity index (χ1v) is 9.22. The van der Waals surface area contributed by atoms with E-state index in [2.05, 4.69) is 10.6 Å². The van der Waals surface area contributed by atoms with Gasteiger partial charge in [0.2, 0.25) is 5.91 Å². The molecule has 0 saturated carbocycles. The van der Waals surface area contributed by atoms with Crippen LogP contribution < -0.4 is 10.6 Å². The normalized spacial score (nSPS) is 12.6. The van der Waals surface area contributed by atoms with Gasteiger partial charge in [-0.05, 0) is 43.9 Å². The lowest BCUT2D eigenvalue weighted by atomic mass is 10.1. The maximum atomic E-state index is 13.6. The van der Waals surface area contributed by atoms with Crippen molar-refractivity contribution in [3.63, 3.8) is 0 Å². The van der Waals surface area contributed by atoms with Gasteiger partial charge in [0.25, 0.3) is 0 Å². The van der Waals surface area contributed by atoms with E-state index >= 15 is 0 Å². The molecule has 0 saturated heterocycles. The maximum absolute atomic E-state index is 13.6. The largest absolute Gasteiger partial charge is 0.462 e. The van der Waals surface area contributed by atoms with Crippen molar-refractivity contribution in [2.45, 2.75) is 26.2 Å². The lowest BCUT2D eigenvalue weighted by Crippen LogP contribution is -2.23. The van der Waals surface area contributed by atoms with Gasteiger partial charge < -0.3 is 15.4 Å². The summed E-state index contributed by atoms with van der Waals surface area (Å²) in [6, 6.07) is 1.77. The Hall–Kier alpha value is -2.55. The highest BCUT2D eigenvalue weighted by Gasteiger charge is 2.28. The second kappa shape index (κ2) is 7.99. The van der Waals surface area contributed by atoms with Crippen molar-refractivity contribution < 1.29 is 27.5 Å². The molecule has 1 aliphatic rings. The van der Waals surface area contributed by atoms with Crippen molar-refractivity contribution in [1.82, 2.24) is 0 Å². The third kappa shape index (κ3) is 3.92. The van der Waals surface area contributed by atoms with Crippen LogP contribution in [-0.4, -0.2) is 25.0 Å². The van der Waals surface area contributed by atoms with Gasteiger partial charge in [-0.3, -0.25) is 4.79 Å². The Balaban J connectivity index is 1.71. The zero-order chi connectivity index (χ0) is 19.6. The molecular weight excluding hydrogens is 381 g/mol. The highest BCUT2D eigenvalue weighted by atomic mass is 32.1. The quantitative estimate of drug-likeness (QED) is 0.573. The summed E-state index contributed by atoms with van der Waals surface area (Å²) in [5, 5.41) is 5.42. The topological polar surface area (TPSA) is 67.4 Å². The molecule has 1 heterocycles. The van der Waals surface area contributed by atoms with Crippen LogP contribution in [-0.2, 0) is 22.4 Å². The molecule has 144 valence electrons. The van der Waals surface area contributed by atoms with Crippen molar-refractivity contribution in [3.05, 3.63) is 45.6 Å². The number of hydrogen-bond donors (Lipinski definition) is 2. The first-order chi connectivity index (χ1) is 12.9. The van der Waals surface area contributed by atoms with Crippen molar-refractivity contribution >= 4 is 33.9 Å². The summed E-state index contributed by atoms with van der Waals surface area (Å²) in [7, 11) is 0. The molecule has 27 heavy (non-hydrogen) atoms. The van der Waals surface area contributed by atoms with Crippen LogP contribution in [0, 0.1) is 17.5 Å². The van der Waals surface area contributed by atoms with Crippen molar-refractivity contribution in [3.8, 4) is 0 Å². The van der Waals surface area contributed by atoms with Crippen LogP contribution >= 0.6 is 11.3 Å². The van der Waals surface area contributed by atoms with Gasteiger partial charge in [-0.15, -0.1) is 11.3 Å². The van der Waals surface area contributed by atoms with Gasteiger partial charge in [0.15, 0.2) is 17.5 Å². The fourth-order valence-electron chi connectivity index (χ4n) is 2.92. The van der Waals surface area contributed by atoms with E-state index in [0.29, 0.717) is 10.6 Å². The molecule has 3 rings (SSSR count). The lowest BCUT2D eigenvalue weighted by molar-refractivity contribution is -0.114. The van der Waals surface area contributed by atoms with Crippen LogP contribution in [0.4, 0.5) is 23.9 Å². The van der Waals surface area contributed by atoms with Gasteiger partial charge in [-0.2, -0.15) is 0 Å². The van der Waals surface area contributed by atoms with Gasteiger partial charge >= 0.3 is 5.97 Å². The number of hydrogen-bond acceptors (Lipinski definition) is 5. The Labute approximate surface area is 157 Å². The van der Waals surface area contributed by atoms with E-state index in [4.69, 9.17) is 4.74 Å². The van der Waals surface area contributed by atoms with Gasteiger partial charge in [-0.25, -0.2) is 18.0 Å². The molecule has 0 aliphatic heterocycles. The standard InChI is InChI=1S/C18H17F3N2O3S/c1-2-26-18(25)14-9-4-3-5-12(9)27-17(14)23-13(24)8-22-11-7-6-10(19)15(20)16(11)21/h6-7,22H,2-5,8H2,1H3,(H,23,24). The highest BCUT2D eigenvalue weighted by Crippen LogP contribution is 2.39. The molecule has 1 aromatic carbocycles. The van der Waals surface area contributed by atoms with Crippen LogP contribution in [0.3, 0.4) is 0 Å². The number of benzene rings is 1. The predicted molar refractivity (Wildman–Crippen MR) is 95.7 cm³/mol. The van der Waals surface area contributed by atoms with Gasteiger partial charge in [0, 0.05) is 4.88 Å². The number of nitrogens with one attached hydrogen (secondary N) is 2. The molecule has 1 amide bonds. The van der Waals surface area contributed by atoms with Crippen LogP contribution in [0.1, 0.15) is 34.1 Å². The van der Waals surface area contributed by atoms with E-state index in [1.807, 2.05) is 0 Å². The Morgan fingerprint density at radius 2 is 1.96 bits per heavy atom. The summed E-state index contributed by atoms with van der Waals surface area (Å²) < 4.78 is 44.9. The zero-order valence-corrected chi connectivity index (χ0v) is 15.3. The summed E-state index contributed by atoms with van der Waals surface area (Å²) in [5.41, 5.74) is 0.929. The number of thiophene rings is 1. The van der Waals surface area contributed by atoms with E-state index in [0.717, 1.165) is 41.8 Å². The number of amides is 1. The number of rotatable bonds is 6. The number of anilines is 2. The third-order valence-corrected chi connectivity index (χ3v) is 5.34. The number of esters is 1. The summed E-state index contributed by atoms with van der Waals surface area (Å²) in [6.07, 6.45) is 2.52. The number of aryl methyl sites for hydroxylation is 1. The van der Waals surface area contributed by atoms with E-state index in [1.54, 1.807) is 6.92 Å². The zero-order valence-electron chi connectivity index (χ0n) is 14.5. The number of fused-ring (bicyclic) bond motifs is 1. The molecule has 0 unspecified atom stereocenters. The first-order valence-electron chi connectivity index (χ1n) is 8.41. The smallest absolute Gasteiger partial charge is 0.341 e. The minimum absolute atomic E-state index is 0.216. The predicted octanol–water partition coefficient (Wildman–Crippen LogP) is 3.88. The average molecular weight is 398 g/mol. The van der Waals surface area contributed by atoms with E-state index in [9.17, 15) is 22.8 Å². The van der Waals surface area contributed by atoms with Crippen LogP contribution in [0.15, 0.2) is 12.1 Å². The minimum Gasteiger partial charge on any atom is -0.462 e. The second-order valence-corrected chi connectivity index (χ2v) is 7.01. The van der Waals surface area contributed by atoms with Gasteiger partial charge in [0.1, 0.15) is 5.00 Å². The molecule has 0 bridgehead atoms. The summed E-state index contributed by atoms with van der Waals surface area (Å²) >= 11 is 1.32. The maximum Gasteiger partial charge on any atom is 0.341 e. The highest BCUT2D eigenvalue weighted by molar-refractivity contribution is 7.17. The van der Waals surface area contributed by atoms with E-state index in [1.165, 1.54) is 11.3 Å². The molecule has 1 aliphatic carbocycles. The van der Waals surface area contributed by atoms with Crippen molar-refractivity contribution in [1.29, 1.82) is 0 Å². The summed E-state index contributed by atoms with van der Waals surface area (Å²) in [5.74, 6) is -5.36. The number of ether oxygens (including phenoxy) is 1. The lowest BCUT2D eigenvalue weighted by Gasteiger charge is -2.10. The van der Waals surface area contributed by atoms with Crippen molar-refractivity contribution in [2.24, 2.45) is 0 Å². The Morgan fingerprint density at radius 3 is 2.70 bits per heavy atom. The van der Waals surface area contributed by atoms with Gasteiger partial charge in [0.05, 0.1) is 24.4 Å². The number of carbonyl (C=O) groups is 2. The molecular formula is C18H17F3N2O3S. The fraction of sp³-hybridized carbons (Fsp3) is 0.333. The molecule has 0 fully saturated rings. The SMILES string of the molecule is CCOC(=O)c1c(NC(=O)CNc2ccc(F)c(F)c2F)sc2c1CCC2. The average Bonchev–Trinajstić information content (AvgIpc) is 3.19. The molecule has 0 radical (unpaired) electrons. The second-order valence-electron chi connectivity index (χ2n) is 5.91. The molecule has 0 spiro atoms. The third-order valence-electron chi connectivity index (χ3n) is 4.13. The molecule has 1 aromatic heterocycles. The van der Waals surface area contributed by atoms with Crippen LogP contribution in [0.2, 0.25) is 0 Å². The first kappa shape index (κ1) is 19.2. The number of halogens is 3. The molecule has 2 N–H and O–H groups in total. The van der Waals surface area contributed by atoms with Crippen LogP contribution in [0.25, 0.3) is 0 Å². The Bertz CT molecular complexity index is 898. The monoisotopic (exact) mass is 398 g/mol. The summed E-state index contributed by atoms with van der Waals surface area (Å²) in [6.45, 7) is 1.53. The minimum atomic E-state index is -1.61. The summed E-state index contributed by atoms with van der Waals surface area (Å²) in [4.78, 5) is 25.5. The molecule has 9 heteroatoms. The van der Waals surface area contributed by atoms with E-state index in [-0.39, 0.29) is 18.8 Å². The molecule has 0 atom stereocenters.